The number of nitrogens with one attached hydrogen (secondary N) is 1. The van der Waals surface area contributed by atoms with Crippen LogP contribution in [0.3, 0.4) is 0 Å². The Kier molecular flexibility index (Phi) is 4.23. The molecule has 1 saturated heterocycles. The fourth-order valence-electron chi connectivity index (χ4n) is 2.24. The number of piperazine rings is 1. The third-order valence-electron chi connectivity index (χ3n) is 3.36. The number of nitriles is 1. The van der Waals surface area contributed by atoms with Crippen LogP contribution in [0, 0.1) is 18.3 Å². The zero-order valence-corrected chi connectivity index (χ0v) is 12.6. The number of carbonyl (C=O) groups is 1. The number of nitrogens with zero attached hydrogens (tertiary/aromatic N) is 2. The lowest BCUT2D eigenvalue weighted by Gasteiger charge is -2.37. The Hall–Kier alpha value is -1.38. The Morgan fingerprint density at radius 3 is 2.95 bits per heavy atom. The average Bonchev–Trinajstić information content (AvgIpc) is 2.37. The molecule has 1 N–H and O–H groups in total. The first-order valence-corrected chi connectivity index (χ1v) is 7.03. The smallest absolute Gasteiger partial charge is 0.245 e. The van der Waals surface area contributed by atoms with Crippen LogP contribution < -0.4 is 10.2 Å². The van der Waals surface area contributed by atoms with E-state index < -0.39 is 6.04 Å². The van der Waals surface area contributed by atoms with E-state index in [9.17, 15) is 4.79 Å². The topological polar surface area (TPSA) is 56.1 Å². The minimum Gasteiger partial charge on any atom is -0.307 e. The monoisotopic (exact) mass is 321 g/mol. The van der Waals surface area contributed by atoms with E-state index >= 15 is 0 Å². The van der Waals surface area contributed by atoms with E-state index in [-0.39, 0.29) is 18.4 Å². The first kappa shape index (κ1) is 14.0. The first-order chi connectivity index (χ1) is 9.04. The molecule has 0 aromatic heterocycles. The fourth-order valence-corrected chi connectivity index (χ4v) is 2.61. The van der Waals surface area contributed by atoms with E-state index in [1.165, 1.54) is 0 Å². The van der Waals surface area contributed by atoms with Gasteiger partial charge in [-0.25, -0.2) is 0 Å². The summed E-state index contributed by atoms with van der Waals surface area (Å²) in [5, 5.41) is 11.9. The Bertz CT molecular complexity index is 538. The Labute approximate surface area is 121 Å². The average molecular weight is 322 g/mol. The zero-order valence-electron chi connectivity index (χ0n) is 11.0. The number of amides is 1. The van der Waals surface area contributed by atoms with Gasteiger partial charge in [0.25, 0.3) is 0 Å². The maximum absolute atomic E-state index is 12.4. The van der Waals surface area contributed by atoms with Crippen molar-refractivity contribution < 1.29 is 4.79 Å². The number of carbonyl (C=O) groups excluding carboxylic acids is 1. The molecule has 2 unspecified atom stereocenters. The summed E-state index contributed by atoms with van der Waals surface area (Å²) in [6.45, 7) is 4.71. The summed E-state index contributed by atoms with van der Waals surface area (Å²) >= 11 is 3.49. The second kappa shape index (κ2) is 5.72. The molecule has 0 spiro atoms. The summed E-state index contributed by atoms with van der Waals surface area (Å²) in [5.41, 5.74) is 2.01. The molecule has 1 amide bonds. The summed E-state index contributed by atoms with van der Waals surface area (Å²) in [7, 11) is 0. The molecule has 4 nitrogen and oxygen atoms in total. The molecule has 0 bridgehead atoms. The minimum absolute atomic E-state index is 0.0314. The van der Waals surface area contributed by atoms with Crippen LogP contribution in [0.2, 0.25) is 0 Å². The molecule has 2 atom stereocenters. The van der Waals surface area contributed by atoms with Crippen molar-refractivity contribution in [1.29, 1.82) is 5.26 Å². The van der Waals surface area contributed by atoms with Crippen LogP contribution in [0.4, 0.5) is 5.69 Å². The van der Waals surface area contributed by atoms with E-state index in [1.807, 2.05) is 32.0 Å². The molecule has 100 valence electrons. The van der Waals surface area contributed by atoms with Crippen LogP contribution in [0.5, 0.6) is 0 Å². The van der Waals surface area contributed by atoms with Gasteiger partial charge in [-0.1, -0.05) is 22.0 Å². The highest BCUT2D eigenvalue weighted by atomic mass is 79.9. The van der Waals surface area contributed by atoms with Crippen LogP contribution in [0.1, 0.15) is 18.9 Å². The molecule has 5 heteroatoms. The van der Waals surface area contributed by atoms with Gasteiger partial charge >= 0.3 is 0 Å². The number of halogens is 1. The van der Waals surface area contributed by atoms with Gasteiger partial charge in [-0.15, -0.1) is 0 Å². The van der Waals surface area contributed by atoms with Crippen molar-refractivity contribution in [3.8, 4) is 6.07 Å². The second-order valence-corrected chi connectivity index (χ2v) is 5.67. The molecule has 1 heterocycles. The molecule has 2 rings (SSSR count). The lowest BCUT2D eigenvalue weighted by molar-refractivity contribution is -0.122. The predicted molar refractivity (Wildman–Crippen MR) is 77.8 cm³/mol. The normalized spacial score (nSPS) is 23.3. The molecule has 0 radical (unpaired) electrons. The number of rotatable bonds is 2. The first-order valence-electron chi connectivity index (χ1n) is 6.24. The Morgan fingerprint density at radius 1 is 1.58 bits per heavy atom. The van der Waals surface area contributed by atoms with Gasteiger partial charge in [-0.05, 0) is 31.5 Å². The highest BCUT2D eigenvalue weighted by molar-refractivity contribution is 9.10. The van der Waals surface area contributed by atoms with E-state index in [0.717, 1.165) is 15.7 Å². The van der Waals surface area contributed by atoms with Crippen molar-refractivity contribution in [2.45, 2.75) is 32.4 Å². The Morgan fingerprint density at radius 2 is 2.32 bits per heavy atom. The molecule has 0 aliphatic carbocycles. The third kappa shape index (κ3) is 2.80. The van der Waals surface area contributed by atoms with E-state index in [0.29, 0.717) is 6.54 Å². The maximum atomic E-state index is 12.4. The van der Waals surface area contributed by atoms with Crippen molar-refractivity contribution in [2.24, 2.45) is 0 Å². The van der Waals surface area contributed by atoms with Gasteiger partial charge < -0.3 is 10.2 Å². The van der Waals surface area contributed by atoms with Gasteiger partial charge in [0, 0.05) is 22.7 Å². The summed E-state index contributed by atoms with van der Waals surface area (Å²) in [6.07, 6.45) is 0.203. The predicted octanol–water partition coefficient (Wildman–Crippen LogP) is 2.36. The van der Waals surface area contributed by atoms with Gasteiger partial charge in [0.15, 0.2) is 0 Å². The van der Waals surface area contributed by atoms with Gasteiger partial charge in [0.05, 0.1) is 12.5 Å². The standard InChI is InChI=1S/C14H16BrN3O/c1-9-3-4-11(7-12(9)15)18-10(2)8-17-13(5-6-16)14(18)19/h3-4,7,10,13,17H,5,8H2,1-2H3. The summed E-state index contributed by atoms with van der Waals surface area (Å²) in [5.74, 6) is -0.0314. The van der Waals surface area contributed by atoms with E-state index in [4.69, 9.17) is 5.26 Å². The second-order valence-electron chi connectivity index (χ2n) is 4.81. The molecule has 1 fully saturated rings. The van der Waals surface area contributed by atoms with Gasteiger partial charge in [-0.3, -0.25) is 4.79 Å². The highest BCUT2D eigenvalue weighted by Crippen LogP contribution is 2.27. The van der Waals surface area contributed by atoms with Crippen molar-refractivity contribution in [3.63, 3.8) is 0 Å². The third-order valence-corrected chi connectivity index (χ3v) is 4.22. The number of hydrogen-bond donors (Lipinski definition) is 1. The van der Waals surface area contributed by atoms with Crippen molar-refractivity contribution >= 4 is 27.5 Å². The summed E-state index contributed by atoms with van der Waals surface area (Å²) in [4.78, 5) is 14.2. The number of benzene rings is 1. The van der Waals surface area contributed by atoms with Crippen LogP contribution in [-0.2, 0) is 4.79 Å². The number of hydrogen-bond acceptors (Lipinski definition) is 3. The molecule has 1 aliphatic heterocycles. The van der Waals surface area contributed by atoms with Crippen LogP contribution in [-0.4, -0.2) is 24.5 Å². The zero-order chi connectivity index (χ0) is 14.0. The van der Waals surface area contributed by atoms with E-state index in [1.54, 1.807) is 4.90 Å². The number of anilines is 1. The maximum Gasteiger partial charge on any atom is 0.245 e. The highest BCUT2D eigenvalue weighted by Gasteiger charge is 2.33. The van der Waals surface area contributed by atoms with Crippen LogP contribution in [0.15, 0.2) is 22.7 Å². The van der Waals surface area contributed by atoms with Gasteiger partial charge in [-0.2, -0.15) is 5.26 Å². The van der Waals surface area contributed by atoms with Gasteiger partial charge in [0.2, 0.25) is 5.91 Å². The molecule has 19 heavy (non-hydrogen) atoms. The molecule has 1 aromatic carbocycles. The largest absolute Gasteiger partial charge is 0.307 e. The van der Waals surface area contributed by atoms with Gasteiger partial charge in [0.1, 0.15) is 6.04 Å². The van der Waals surface area contributed by atoms with Crippen molar-refractivity contribution in [3.05, 3.63) is 28.2 Å². The molecular weight excluding hydrogens is 306 g/mol. The molecular formula is C14H16BrN3O. The SMILES string of the molecule is Cc1ccc(N2C(=O)C(CC#N)NCC2C)cc1Br. The Balaban J connectivity index is 2.32. The van der Waals surface area contributed by atoms with Crippen LogP contribution in [0.25, 0.3) is 0 Å². The van der Waals surface area contributed by atoms with Crippen molar-refractivity contribution in [2.75, 3.05) is 11.4 Å². The number of aryl methyl sites for hydroxylation is 1. The quantitative estimate of drug-likeness (QED) is 0.909. The summed E-state index contributed by atoms with van der Waals surface area (Å²) in [6, 6.07) is 7.63. The minimum atomic E-state index is -0.402. The molecule has 1 aromatic rings. The molecule has 1 aliphatic rings. The lowest BCUT2D eigenvalue weighted by atomic mass is 10.1. The lowest BCUT2D eigenvalue weighted by Crippen LogP contribution is -2.59. The summed E-state index contributed by atoms with van der Waals surface area (Å²) < 4.78 is 0.986. The molecule has 0 saturated carbocycles. The van der Waals surface area contributed by atoms with E-state index in [2.05, 4.69) is 27.3 Å². The van der Waals surface area contributed by atoms with Crippen LogP contribution >= 0.6 is 15.9 Å². The van der Waals surface area contributed by atoms with Crippen molar-refractivity contribution in [1.82, 2.24) is 5.32 Å². The fraction of sp³-hybridized carbons (Fsp3) is 0.429.